The van der Waals surface area contributed by atoms with E-state index in [-0.39, 0.29) is 30.4 Å². The van der Waals surface area contributed by atoms with Crippen LogP contribution >= 0.6 is 0 Å². The molecule has 0 amide bonds. The maximum Gasteiger partial charge on any atom is 0.338 e. The van der Waals surface area contributed by atoms with Crippen molar-refractivity contribution < 1.29 is 22.3 Å². The van der Waals surface area contributed by atoms with Crippen LogP contribution in [0.2, 0.25) is 0 Å². The van der Waals surface area contributed by atoms with E-state index < -0.39 is 16.0 Å². The molecule has 1 aromatic heterocycles. The predicted octanol–water partition coefficient (Wildman–Crippen LogP) is 3.86. The predicted molar refractivity (Wildman–Crippen MR) is 127 cm³/mol. The summed E-state index contributed by atoms with van der Waals surface area (Å²) in [7, 11) is -0.713. The number of nitrogens with two attached hydrogens (primary N) is 1. The van der Waals surface area contributed by atoms with Gasteiger partial charge in [0.2, 0.25) is 10.0 Å². The topological polar surface area (TPSA) is 94.6 Å². The van der Waals surface area contributed by atoms with Crippen molar-refractivity contribution in [3.05, 3.63) is 65.6 Å². The standard InChI is InChI=1S/C24H28FN3O4S/c1-5-32-24(29)18-9-10-22-21(14-18)23(16(2)28(22)15-19(25)11-12-26)17-7-6-8-20(13-17)33(30,31)27(3)4/h6-11,13-14H,5,12,15,26H2,1-4H3. The first-order valence-corrected chi connectivity index (χ1v) is 11.9. The van der Waals surface area contributed by atoms with Crippen molar-refractivity contribution in [3.63, 3.8) is 0 Å². The molecule has 0 saturated heterocycles. The van der Waals surface area contributed by atoms with E-state index in [0.29, 0.717) is 27.6 Å². The summed E-state index contributed by atoms with van der Waals surface area (Å²) in [6.07, 6.45) is 1.31. The number of sulfonamides is 1. The molecule has 0 radical (unpaired) electrons. The Balaban J connectivity index is 2.30. The maximum atomic E-state index is 14.4. The molecule has 2 N–H and O–H groups in total. The van der Waals surface area contributed by atoms with Crippen molar-refractivity contribution >= 4 is 26.9 Å². The second-order valence-corrected chi connectivity index (χ2v) is 9.85. The molecule has 0 unspecified atom stereocenters. The van der Waals surface area contributed by atoms with E-state index in [4.69, 9.17) is 10.5 Å². The lowest BCUT2D eigenvalue weighted by atomic mass is 10.0. The molecule has 0 aliphatic carbocycles. The summed E-state index contributed by atoms with van der Waals surface area (Å²) >= 11 is 0. The highest BCUT2D eigenvalue weighted by Gasteiger charge is 2.22. The molecule has 0 spiro atoms. The number of carbonyl (C=O) groups excluding carboxylic acids is 1. The third-order valence-electron chi connectivity index (χ3n) is 5.38. The third-order valence-corrected chi connectivity index (χ3v) is 7.20. The number of halogens is 1. The number of hydrogen-bond donors (Lipinski definition) is 1. The van der Waals surface area contributed by atoms with Crippen molar-refractivity contribution in [2.75, 3.05) is 27.2 Å². The van der Waals surface area contributed by atoms with E-state index >= 15 is 0 Å². The van der Waals surface area contributed by atoms with Crippen molar-refractivity contribution in [1.82, 2.24) is 8.87 Å². The first-order chi connectivity index (χ1) is 15.6. The fourth-order valence-corrected chi connectivity index (χ4v) is 4.71. The van der Waals surface area contributed by atoms with Gasteiger partial charge in [-0.05, 0) is 55.8 Å². The van der Waals surface area contributed by atoms with Crippen LogP contribution in [-0.4, -0.2) is 50.5 Å². The molecule has 0 fully saturated rings. The molecule has 3 rings (SSSR count). The molecule has 0 saturated carbocycles. The lowest BCUT2D eigenvalue weighted by Crippen LogP contribution is -2.22. The number of esters is 1. The zero-order chi connectivity index (χ0) is 24.3. The monoisotopic (exact) mass is 473 g/mol. The van der Waals surface area contributed by atoms with Gasteiger partial charge in [-0.2, -0.15) is 0 Å². The normalized spacial score (nSPS) is 12.5. The lowest BCUT2D eigenvalue weighted by molar-refractivity contribution is 0.0526. The van der Waals surface area contributed by atoms with E-state index in [1.807, 2.05) is 6.92 Å². The highest BCUT2D eigenvalue weighted by atomic mass is 32.2. The summed E-state index contributed by atoms with van der Waals surface area (Å²) in [5.74, 6) is -0.851. The maximum absolute atomic E-state index is 14.4. The molecule has 7 nitrogen and oxygen atoms in total. The minimum absolute atomic E-state index is 0.0338. The number of ether oxygens (including phenoxy) is 1. The fraction of sp³-hybridized carbons (Fsp3) is 0.292. The average Bonchev–Trinajstić information content (AvgIpc) is 3.04. The van der Waals surface area contributed by atoms with Gasteiger partial charge in [0.1, 0.15) is 5.83 Å². The Hall–Kier alpha value is -3.01. The molecule has 0 aliphatic rings. The molecule has 0 atom stereocenters. The van der Waals surface area contributed by atoms with Crippen molar-refractivity contribution in [3.8, 4) is 11.1 Å². The Morgan fingerprint density at radius 2 is 1.94 bits per heavy atom. The van der Waals surface area contributed by atoms with E-state index in [2.05, 4.69) is 0 Å². The molecule has 33 heavy (non-hydrogen) atoms. The minimum Gasteiger partial charge on any atom is -0.462 e. The van der Waals surface area contributed by atoms with Crippen LogP contribution < -0.4 is 5.73 Å². The van der Waals surface area contributed by atoms with Crippen LogP contribution in [-0.2, 0) is 21.3 Å². The number of fused-ring (bicyclic) bond motifs is 1. The van der Waals surface area contributed by atoms with Gasteiger partial charge in [-0.1, -0.05) is 12.1 Å². The highest BCUT2D eigenvalue weighted by Crippen LogP contribution is 2.37. The largest absolute Gasteiger partial charge is 0.462 e. The van der Waals surface area contributed by atoms with Gasteiger partial charge in [0.15, 0.2) is 0 Å². The van der Waals surface area contributed by atoms with E-state index in [1.165, 1.54) is 26.2 Å². The van der Waals surface area contributed by atoms with Gasteiger partial charge in [0, 0.05) is 42.8 Å². The van der Waals surface area contributed by atoms with Crippen molar-refractivity contribution in [2.45, 2.75) is 25.3 Å². The third kappa shape index (κ3) is 4.85. The van der Waals surface area contributed by atoms with Crippen LogP contribution in [0.3, 0.4) is 0 Å². The van der Waals surface area contributed by atoms with Crippen LogP contribution in [0.5, 0.6) is 0 Å². The molecule has 0 aliphatic heterocycles. The van der Waals surface area contributed by atoms with Crippen LogP contribution in [0.1, 0.15) is 23.0 Å². The highest BCUT2D eigenvalue weighted by molar-refractivity contribution is 7.89. The summed E-state index contributed by atoms with van der Waals surface area (Å²) in [6, 6.07) is 11.7. The van der Waals surface area contributed by atoms with Gasteiger partial charge >= 0.3 is 5.97 Å². The Morgan fingerprint density at radius 1 is 1.21 bits per heavy atom. The Bertz CT molecular complexity index is 1330. The van der Waals surface area contributed by atoms with Gasteiger partial charge in [0.25, 0.3) is 0 Å². The van der Waals surface area contributed by atoms with Crippen LogP contribution in [0.4, 0.5) is 4.39 Å². The zero-order valence-corrected chi connectivity index (χ0v) is 19.9. The number of nitrogens with zero attached hydrogens (tertiary/aromatic N) is 2. The smallest absolute Gasteiger partial charge is 0.338 e. The Morgan fingerprint density at radius 3 is 2.58 bits per heavy atom. The number of hydrogen-bond acceptors (Lipinski definition) is 5. The molecule has 1 heterocycles. The summed E-state index contributed by atoms with van der Waals surface area (Å²) in [5, 5.41) is 0.693. The summed E-state index contributed by atoms with van der Waals surface area (Å²) in [5.41, 5.74) is 8.61. The second kappa shape index (κ2) is 9.86. The molecule has 176 valence electrons. The summed E-state index contributed by atoms with van der Waals surface area (Å²) in [4.78, 5) is 12.5. The molecular weight excluding hydrogens is 445 g/mol. The SMILES string of the molecule is CCOC(=O)c1ccc2c(c1)c(-c1cccc(S(=O)(=O)N(C)C)c1)c(C)n2CC(F)=CCN. The first-order valence-electron chi connectivity index (χ1n) is 10.5. The summed E-state index contributed by atoms with van der Waals surface area (Å²) < 4.78 is 47.9. The van der Waals surface area contributed by atoms with Gasteiger partial charge in [-0.3, -0.25) is 0 Å². The van der Waals surface area contributed by atoms with Crippen LogP contribution in [0.15, 0.2) is 59.3 Å². The fourth-order valence-electron chi connectivity index (χ4n) is 3.76. The first kappa shape index (κ1) is 24.6. The number of benzene rings is 2. The molecule has 9 heteroatoms. The Kier molecular flexibility index (Phi) is 7.36. The zero-order valence-electron chi connectivity index (χ0n) is 19.1. The number of aromatic nitrogens is 1. The average molecular weight is 474 g/mol. The van der Waals surface area contributed by atoms with Crippen molar-refractivity contribution in [2.24, 2.45) is 5.73 Å². The van der Waals surface area contributed by atoms with E-state index in [1.54, 1.807) is 47.9 Å². The van der Waals surface area contributed by atoms with Crippen LogP contribution in [0.25, 0.3) is 22.0 Å². The van der Waals surface area contributed by atoms with Crippen molar-refractivity contribution in [1.29, 1.82) is 0 Å². The van der Waals surface area contributed by atoms with E-state index in [9.17, 15) is 17.6 Å². The van der Waals surface area contributed by atoms with Gasteiger partial charge in [-0.25, -0.2) is 21.9 Å². The number of rotatable bonds is 8. The van der Waals surface area contributed by atoms with Gasteiger partial charge in [-0.15, -0.1) is 0 Å². The number of allylic oxidation sites excluding steroid dienone is 1. The Labute approximate surface area is 193 Å². The van der Waals surface area contributed by atoms with Crippen LogP contribution in [0, 0.1) is 6.92 Å². The molecule has 0 bridgehead atoms. The number of carbonyl (C=O) groups is 1. The molecule has 2 aromatic carbocycles. The quantitative estimate of drug-likeness (QED) is 0.502. The minimum atomic E-state index is -3.65. The molecule has 3 aromatic rings. The lowest BCUT2D eigenvalue weighted by Gasteiger charge is -2.13. The van der Waals surface area contributed by atoms with Gasteiger partial charge in [0.05, 0.1) is 23.6 Å². The van der Waals surface area contributed by atoms with Gasteiger partial charge < -0.3 is 15.0 Å². The second-order valence-electron chi connectivity index (χ2n) is 7.70. The van der Waals surface area contributed by atoms with E-state index in [0.717, 1.165) is 10.00 Å². The summed E-state index contributed by atoms with van der Waals surface area (Å²) in [6.45, 7) is 3.85. The molecular formula is C24H28FN3O4S.